The monoisotopic (exact) mass is 353 g/mol. The molecular formula is C18H15N3O3S. The quantitative estimate of drug-likeness (QED) is 0.662. The zero-order valence-corrected chi connectivity index (χ0v) is 14.0. The lowest BCUT2D eigenvalue weighted by Gasteiger charge is -2.05. The van der Waals surface area contributed by atoms with Gasteiger partial charge in [0.25, 0.3) is 5.56 Å². The smallest absolute Gasteiger partial charge is 0.335 e. The van der Waals surface area contributed by atoms with E-state index >= 15 is 0 Å². The summed E-state index contributed by atoms with van der Waals surface area (Å²) in [7, 11) is 0. The van der Waals surface area contributed by atoms with E-state index in [2.05, 4.69) is 15.2 Å². The van der Waals surface area contributed by atoms with Crippen molar-refractivity contribution in [2.75, 3.05) is 0 Å². The fraction of sp³-hybridized carbons (Fsp3) is 0.111. The molecule has 0 atom stereocenters. The molecule has 0 aliphatic rings. The van der Waals surface area contributed by atoms with E-state index in [1.54, 1.807) is 24.3 Å². The molecule has 0 aliphatic heterocycles. The molecule has 1 aromatic heterocycles. The van der Waals surface area contributed by atoms with Crippen molar-refractivity contribution >= 4 is 17.7 Å². The lowest BCUT2D eigenvalue weighted by molar-refractivity contribution is 0.0696. The predicted octanol–water partition coefficient (Wildman–Crippen LogP) is 2.75. The van der Waals surface area contributed by atoms with Gasteiger partial charge in [-0.15, -0.1) is 10.2 Å². The number of nitrogens with zero attached hydrogens (tertiary/aromatic N) is 2. The van der Waals surface area contributed by atoms with E-state index in [4.69, 9.17) is 0 Å². The summed E-state index contributed by atoms with van der Waals surface area (Å²) in [6, 6.07) is 16.3. The topological polar surface area (TPSA) is 95.9 Å². The van der Waals surface area contributed by atoms with Crippen LogP contribution < -0.4 is 5.56 Å². The molecule has 0 saturated heterocycles. The van der Waals surface area contributed by atoms with Crippen LogP contribution in [0.5, 0.6) is 0 Å². The van der Waals surface area contributed by atoms with Gasteiger partial charge in [0.15, 0.2) is 5.16 Å². The van der Waals surface area contributed by atoms with Crippen molar-refractivity contribution in [1.29, 1.82) is 0 Å². The maximum atomic E-state index is 12.2. The first kappa shape index (κ1) is 16.9. The Hall–Kier alpha value is -2.93. The molecule has 2 aromatic carbocycles. The number of aromatic nitrogens is 3. The third-order valence-electron chi connectivity index (χ3n) is 3.57. The molecule has 2 N–H and O–H groups in total. The highest BCUT2D eigenvalue weighted by Gasteiger charge is 2.11. The molecule has 0 bridgehead atoms. The Morgan fingerprint density at radius 2 is 1.76 bits per heavy atom. The van der Waals surface area contributed by atoms with Crippen LogP contribution in [0.1, 0.15) is 27.2 Å². The van der Waals surface area contributed by atoms with Crippen molar-refractivity contribution in [1.82, 2.24) is 15.2 Å². The Kier molecular flexibility index (Phi) is 5.25. The minimum atomic E-state index is -0.978. The fourth-order valence-corrected chi connectivity index (χ4v) is 3.12. The van der Waals surface area contributed by atoms with E-state index in [1.165, 1.54) is 11.8 Å². The number of H-pyrrole nitrogens is 1. The van der Waals surface area contributed by atoms with Crippen LogP contribution in [-0.2, 0) is 12.2 Å². The zero-order chi connectivity index (χ0) is 17.6. The summed E-state index contributed by atoms with van der Waals surface area (Å²) in [6.45, 7) is 0. The molecule has 0 amide bonds. The first-order chi connectivity index (χ1) is 12.1. The molecular weight excluding hydrogens is 338 g/mol. The van der Waals surface area contributed by atoms with E-state index < -0.39 is 5.97 Å². The molecule has 0 fully saturated rings. The number of hydrogen-bond acceptors (Lipinski definition) is 5. The first-order valence-electron chi connectivity index (χ1n) is 7.57. The zero-order valence-electron chi connectivity index (χ0n) is 13.2. The average molecular weight is 353 g/mol. The summed E-state index contributed by atoms with van der Waals surface area (Å²) in [4.78, 5) is 26.1. The number of carbonyl (C=O) groups is 1. The summed E-state index contributed by atoms with van der Waals surface area (Å²) in [6.07, 6.45) is 0.413. The van der Waals surface area contributed by atoms with Crippen LogP contribution in [0, 0.1) is 0 Å². The molecule has 6 nitrogen and oxygen atoms in total. The predicted molar refractivity (Wildman–Crippen MR) is 94.9 cm³/mol. The van der Waals surface area contributed by atoms with Crippen LogP contribution in [-0.4, -0.2) is 26.3 Å². The third kappa shape index (κ3) is 4.33. The number of nitrogens with one attached hydrogen (secondary N) is 1. The molecule has 7 heteroatoms. The Morgan fingerprint density at radius 3 is 2.48 bits per heavy atom. The van der Waals surface area contributed by atoms with Gasteiger partial charge in [-0.2, -0.15) is 0 Å². The molecule has 25 heavy (non-hydrogen) atoms. The Balaban J connectivity index is 1.72. The van der Waals surface area contributed by atoms with Crippen LogP contribution in [0.4, 0.5) is 0 Å². The number of benzene rings is 2. The van der Waals surface area contributed by atoms with E-state index in [0.717, 1.165) is 5.56 Å². The van der Waals surface area contributed by atoms with Gasteiger partial charge >= 0.3 is 5.97 Å². The summed E-state index contributed by atoms with van der Waals surface area (Å²) >= 11 is 1.24. The van der Waals surface area contributed by atoms with E-state index in [-0.39, 0.29) is 11.1 Å². The van der Waals surface area contributed by atoms with E-state index in [1.807, 2.05) is 30.3 Å². The molecule has 0 radical (unpaired) electrons. The standard InChI is InChI=1S/C18H15N3O3S/c22-16-15(10-12-6-2-1-3-7-12)20-21-18(19-16)25-11-13-8-4-5-9-14(13)17(23)24/h1-9H,10-11H2,(H,23,24)(H,19,21,22). The van der Waals surface area contributed by atoms with Gasteiger partial charge in [-0.1, -0.05) is 60.3 Å². The number of hydrogen-bond donors (Lipinski definition) is 2. The molecule has 0 saturated carbocycles. The van der Waals surface area contributed by atoms with Gasteiger partial charge in [0, 0.05) is 12.2 Å². The molecule has 3 rings (SSSR count). The highest BCUT2D eigenvalue weighted by molar-refractivity contribution is 7.98. The third-order valence-corrected chi connectivity index (χ3v) is 4.48. The van der Waals surface area contributed by atoms with Gasteiger partial charge in [0.05, 0.1) is 5.56 Å². The summed E-state index contributed by atoms with van der Waals surface area (Å²) in [5, 5.41) is 17.6. The number of thioether (sulfide) groups is 1. The number of carboxylic acids is 1. The second kappa shape index (κ2) is 7.76. The molecule has 0 spiro atoms. The van der Waals surface area contributed by atoms with Crippen LogP contribution in [0.3, 0.4) is 0 Å². The van der Waals surface area contributed by atoms with E-state index in [0.29, 0.717) is 28.6 Å². The fourth-order valence-electron chi connectivity index (χ4n) is 2.32. The summed E-state index contributed by atoms with van der Waals surface area (Å²) in [5.41, 5.74) is 1.95. The lowest BCUT2D eigenvalue weighted by atomic mass is 10.1. The lowest BCUT2D eigenvalue weighted by Crippen LogP contribution is -2.17. The van der Waals surface area contributed by atoms with Gasteiger partial charge in [0.2, 0.25) is 0 Å². The van der Waals surface area contributed by atoms with Crippen molar-refractivity contribution < 1.29 is 9.90 Å². The molecule has 0 aliphatic carbocycles. The van der Waals surface area contributed by atoms with Gasteiger partial charge in [-0.3, -0.25) is 9.78 Å². The SMILES string of the molecule is O=C(O)c1ccccc1CSc1nnc(Cc2ccccc2)c(=O)[nH]1. The number of aromatic amines is 1. The Labute approximate surface area is 148 Å². The van der Waals surface area contributed by atoms with Crippen molar-refractivity contribution in [3.63, 3.8) is 0 Å². The van der Waals surface area contributed by atoms with Crippen LogP contribution in [0.25, 0.3) is 0 Å². The summed E-state index contributed by atoms with van der Waals surface area (Å²) in [5.74, 6) is -0.598. The molecule has 3 aromatic rings. The van der Waals surface area contributed by atoms with Crippen LogP contribution in [0.15, 0.2) is 64.5 Å². The highest BCUT2D eigenvalue weighted by atomic mass is 32.2. The average Bonchev–Trinajstić information content (AvgIpc) is 2.63. The second-order valence-electron chi connectivity index (χ2n) is 5.32. The maximum absolute atomic E-state index is 12.2. The number of rotatable bonds is 6. The van der Waals surface area contributed by atoms with Gasteiger partial charge < -0.3 is 5.11 Å². The normalized spacial score (nSPS) is 10.6. The van der Waals surface area contributed by atoms with Crippen molar-refractivity contribution in [2.45, 2.75) is 17.3 Å². The van der Waals surface area contributed by atoms with Crippen molar-refractivity contribution in [2.24, 2.45) is 0 Å². The van der Waals surface area contributed by atoms with Crippen LogP contribution in [0.2, 0.25) is 0 Å². The van der Waals surface area contributed by atoms with Crippen molar-refractivity contribution in [3.8, 4) is 0 Å². The van der Waals surface area contributed by atoms with Gasteiger partial charge in [0.1, 0.15) is 5.69 Å². The van der Waals surface area contributed by atoms with Gasteiger partial charge in [-0.25, -0.2) is 4.79 Å². The number of aromatic carboxylic acids is 1. The summed E-state index contributed by atoms with van der Waals surface area (Å²) < 4.78 is 0. The molecule has 1 heterocycles. The second-order valence-corrected chi connectivity index (χ2v) is 6.28. The Bertz CT molecular complexity index is 942. The minimum Gasteiger partial charge on any atom is -0.478 e. The number of carboxylic acid groups (broad SMARTS) is 1. The first-order valence-corrected chi connectivity index (χ1v) is 8.56. The maximum Gasteiger partial charge on any atom is 0.335 e. The largest absolute Gasteiger partial charge is 0.478 e. The minimum absolute atomic E-state index is 0.242. The molecule has 126 valence electrons. The van der Waals surface area contributed by atoms with Crippen LogP contribution >= 0.6 is 11.8 Å². The highest BCUT2D eigenvalue weighted by Crippen LogP contribution is 2.20. The Morgan fingerprint density at radius 1 is 1.04 bits per heavy atom. The van der Waals surface area contributed by atoms with E-state index in [9.17, 15) is 14.7 Å². The van der Waals surface area contributed by atoms with Crippen molar-refractivity contribution in [3.05, 3.63) is 87.3 Å². The molecule has 0 unspecified atom stereocenters. The van der Waals surface area contributed by atoms with Gasteiger partial charge in [-0.05, 0) is 17.2 Å².